The number of fused-ring (bicyclic) bond motifs is 1. The summed E-state index contributed by atoms with van der Waals surface area (Å²) in [7, 11) is 0. The van der Waals surface area contributed by atoms with Crippen LogP contribution >= 0.6 is 11.6 Å². The van der Waals surface area contributed by atoms with Crippen LogP contribution in [0.25, 0.3) is 5.65 Å². The summed E-state index contributed by atoms with van der Waals surface area (Å²) in [5.41, 5.74) is 0.726. The van der Waals surface area contributed by atoms with E-state index < -0.39 is 0 Å². The van der Waals surface area contributed by atoms with Gasteiger partial charge in [-0.3, -0.25) is 4.40 Å². The predicted molar refractivity (Wildman–Crippen MR) is 60.7 cm³/mol. The lowest BCUT2D eigenvalue weighted by molar-refractivity contribution is 0.149. The minimum absolute atomic E-state index is 0.439. The van der Waals surface area contributed by atoms with Crippen molar-refractivity contribution in [2.24, 2.45) is 0 Å². The van der Waals surface area contributed by atoms with E-state index in [2.05, 4.69) is 15.2 Å². The molecule has 86 valence electrons. The Balaban J connectivity index is 2.33. The summed E-state index contributed by atoms with van der Waals surface area (Å²) >= 11 is 5.84. The van der Waals surface area contributed by atoms with Crippen LogP contribution in [0, 0.1) is 6.92 Å². The zero-order valence-electron chi connectivity index (χ0n) is 9.27. The second-order valence-corrected chi connectivity index (χ2v) is 3.77. The first-order valence-corrected chi connectivity index (χ1v) is 5.55. The van der Waals surface area contributed by atoms with Crippen molar-refractivity contribution >= 4 is 17.2 Å². The lowest BCUT2D eigenvalue weighted by atomic mass is 10.4. The molecule has 0 radical (unpaired) electrons. The maximum Gasteiger partial charge on any atom is 0.165 e. The van der Waals surface area contributed by atoms with Gasteiger partial charge in [-0.05, 0) is 13.8 Å². The van der Waals surface area contributed by atoms with E-state index in [0.717, 1.165) is 23.7 Å². The second-order valence-electron chi connectivity index (χ2n) is 3.38. The smallest absolute Gasteiger partial charge is 0.165 e. The molecular weight excluding hydrogens is 228 g/mol. The molecule has 2 rings (SSSR count). The summed E-state index contributed by atoms with van der Waals surface area (Å²) in [6.07, 6.45) is 0.721. The van der Waals surface area contributed by atoms with Crippen LogP contribution in [-0.2, 0) is 11.2 Å². The standard InChI is InChI=1S/C10H13ClN4O/c1-3-16-5-4-9-13-14-10-6-8(11)12-7(2)15(9)10/h6H,3-5H2,1-2H3. The lowest BCUT2D eigenvalue weighted by Crippen LogP contribution is -2.05. The average Bonchev–Trinajstić information content (AvgIpc) is 2.62. The molecule has 0 aromatic carbocycles. The monoisotopic (exact) mass is 240 g/mol. The molecule has 0 amide bonds. The molecule has 0 fully saturated rings. The van der Waals surface area contributed by atoms with Gasteiger partial charge in [0.15, 0.2) is 5.65 Å². The molecule has 2 heterocycles. The lowest BCUT2D eigenvalue weighted by Gasteiger charge is -2.03. The van der Waals surface area contributed by atoms with Crippen molar-refractivity contribution < 1.29 is 4.74 Å². The summed E-state index contributed by atoms with van der Waals surface area (Å²) in [5, 5.41) is 8.59. The van der Waals surface area contributed by atoms with E-state index in [-0.39, 0.29) is 0 Å². The number of rotatable bonds is 4. The molecule has 2 aromatic rings. The van der Waals surface area contributed by atoms with E-state index in [4.69, 9.17) is 16.3 Å². The molecule has 0 bridgehead atoms. The van der Waals surface area contributed by atoms with Crippen molar-refractivity contribution in [1.82, 2.24) is 19.6 Å². The molecule has 0 atom stereocenters. The zero-order chi connectivity index (χ0) is 11.5. The molecule has 0 saturated carbocycles. The van der Waals surface area contributed by atoms with Crippen LogP contribution in [-0.4, -0.2) is 32.8 Å². The highest BCUT2D eigenvalue weighted by atomic mass is 35.5. The predicted octanol–water partition coefficient (Wildman–Crippen LogP) is 1.67. The van der Waals surface area contributed by atoms with Gasteiger partial charge in [0.05, 0.1) is 6.61 Å². The fourth-order valence-electron chi connectivity index (χ4n) is 1.59. The van der Waals surface area contributed by atoms with Crippen LogP contribution in [0.15, 0.2) is 6.07 Å². The molecule has 0 unspecified atom stereocenters. The topological polar surface area (TPSA) is 52.3 Å². The van der Waals surface area contributed by atoms with Crippen LogP contribution < -0.4 is 0 Å². The first kappa shape index (κ1) is 11.3. The molecule has 16 heavy (non-hydrogen) atoms. The summed E-state index contributed by atoms with van der Waals surface area (Å²) in [5.74, 6) is 1.64. The van der Waals surface area contributed by atoms with E-state index in [1.54, 1.807) is 6.07 Å². The molecule has 2 aromatic heterocycles. The fraction of sp³-hybridized carbons (Fsp3) is 0.500. The summed E-state index contributed by atoms with van der Waals surface area (Å²) in [4.78, 5) is 4.17. The summed E-state index contributed by atoms with van der Waals surface area (Å²) in [6.45, 7) is 5.19. The maximum atomic E-state index is 5.84. The highest BCUT2D eigenvalue weighted by Crippen LogP contribution is 2.12. The van der Waals surface area contributed by atoms with Crippen molar-refractivity contribution in [2.75, 3.05) is 13.2 Å². The Bertz CT molecular complexity index is 497. The maximum absolute atomic E-state index is 5.84. The number of halogens is 1. The van der Waals surface area contributed by atoms with E-state index in [9.17, 15) is 0 Å². The van der Waals surface area contributed by atoms with E-state index in [0.29, 0.717) is 18.4 Å². The minimum Gasteiger partial charge on any atom is -0.381 e. The number of ether oxygens (including phenoxy) is 1. The third-order valence-corrected chi connectivity index (χ3v) is 2.46. The highest BCUT2D eigenvalue weighted by molar-refractivity contribution is 6.29. The van der Waals surface area contributed by atoms with E-state index in [1.165, 1.54) is 0 Å². The molecule has 0 aliphatic heterocycles. The van der Waals surface area contributed by atoms with Crippen LogP contribution in [0.4, 0.5) is 0 Å². The summed E-state index contributed by atoms with van der Waals surface area (Å²) in [6, 6.07) is 1.70. The number of aromatic nitrogens is 4. The van der Waals surface area contributed by atoms with Gasteiger partial charge in [0.1, 0.15) is 16.8 Å². The van der Waals surface area contributed by atoms with Gasteiger partial charge in [0, 0.05) is 19.1 Å². The van der Waals surface area contributed by atoms with Crippen molar-refractivity contribution in [2.45, 2.75) is 20.3 Å². The minimum atomic E-state index is 0.439. The number of hydrogen-bond acceptors (Lipinski definition) is 4. The zero-order valence-corrected chi connectivity index (χ0v) is 10.0. The van der Waals surface area contributed by atoms with Crippen molar-refractivity contribution in [3.05, 3.63) is 22.9 Å². The number of hydrogen-bond donors (Lipinski definition) is 0. The van der Waals surface area contributed by atoms with Gasteiger partial charge < -0.3 is 4.74 Å². The second kappa shape index (κ2) is 4.76. The van der Waals surface area contributed by atoms with Crippen LogP contribution in [0.1, 0.15) is 18.6 Å². The van der Waals surface area contributed by atoms with Gasteiger partial charge in [-0.1, -0.05) is 11.6 Å². The largest absolute Gasteiger partial charge is 0.381 e. The molecule has 0 N–H and O–H groups in total. The normalized spacial score (nSPS) is 11.2. The van der Waals surface area contributed by atoms with E-state index in [1.807, 2.05) is 18.2 Å². The Morgan fingerprint density at radius 2 is 2.25 bits per heavy atom. The van der Waals surface area contributed by atoms with Crippen molar-refractivity contribution in [3.63, 3.8) is 0 Å². The molecule has 0 aliphatic carbocycles. The first-order chi connectivity index (χ1) is 7.72. The molecule has 0 aliphatic rings. The molecular formula is C10H13ClN4O. The van der Waals surface area contributed by atoms with Crippen LogP contribution in [0.2, 0.25) is 5.15 Å². The molecule has 5 nitrogen and oxygen atoms in total. The Morgan fingerprint density at radius 3 is 3.00 bits per heavy atom. The SMILES string of the molecule is CCOCCc1nnc2cc(Cl)nc(C)n12. The van der Waals surface area contributed by atoms with Crippen LogP contribution in [0.3, 0.4) is 0 Å². The number of nitrogens with zero attached hydrogens (tertiary/aromatic N) is 4. The Hall–Kier alpha value is -1.20. The Kier molecular flexibility index (Phi) is 3.36. The average molecular weight is 241 g/mol. The van der Waals surface area contributed by atoms with Gasteiger partial charge in [0.2, 0.25) is 0 Å². The molecule has 6 heteroatoms. The van der Waals surface area contributed by atoms with Crippen molar-refractivity contribution in [1.29, 1.82) is 0 Å². The highest BCUT2D eigenvalue weighted by Gasteiger charge is 2.09. The third kappa shape index (κ3) is 2.15. The Morgan fingerprint density at radius 1 is 1.44 bits per heavy atom. The molecule has 0 saturated heterocycles. The quantitative estimate of drug-likeness (QED) is 0.603. The van der Waals surface area contributed by atoms with Crippen LogP contribution in [0.5, 0.6) is 0 Å². The first-order valence-electron chi connectivity index (χ1n) is 5.17. The summed E-state index contributed by atoms with van der Waals surface area (Å²) < 4.78 is 7.19. The number of aryl methyl sites for hydroxylation is 1. The van der Waals surface area contributed by atoms with Gasteiger partial charge in [0.25, 0.3) is 0 Å². The Labute approximate surface area is 98.4 Å². The third-order valence-electron chi connectivity index (χ3n) is 2.27. The van der Waals surface area contributed by atoms with Gasteiger partial charge in [-0.25, -0.2) is 4.98 Å². The van der Waals surface area contributed by atoms with Gasteiger partial charge >= 0.3 is 0 Å². The fourth-order valence-corrected chi connectivity index (χ4v) is 1.81. The molecule has 0 spiro atoms. The van der Waals surface area contributed by atoms with Gasteiger partial charge in [-0.2, -0.15) is 0 Å². The van der Waals surface area contributed by atoms with Gasteiger partial charge in [-0.15, -0.1) is 10.2 Å². The van der Waals surface area contributed by atoms with Crippen molar-refractivity contribution in [3.8, 4) is 0 Å². The van der Waals surface area contributed by atoms with E-state index >= 15 is 0 Å².